The number of esters is 1. The van der Waals surface area contributed by atoms with E-state index < -0.39 is 24.4 Å². The molecule has 2 amide bonds. The largest absolute Gasteiger partial charge is 0.493 e. The number of ether oxygens (including phenoxy) is 4. The summed E-state index contributed by atoms with van der Waals surface area (Å²) in [5, 5.41) is 0. The molecule has 0 aromatic heterocycles. The Morgan fingerprint density at radius 3 is 2.03 bits per heavy atom. The molecule has 160 valence electrons. The highest BCUT2D eigenvalue weighted by atomic mass is 79.9. The van der Waals surface area contributed by atoms with Crippen molar-refractivity contribution < 1.29 is 33.3 Å². The highest BCUT2D eigenvalue weighted by Crippen LogP contribution is 2.38. The number of hydrazine groups is 1. The van der Waals surface area contributed by atoms with E-state index in [9.17, 15) is 14.4 Å². The first kappa shape index (κ1) is 23.0. The molecule has 30 heavy (non-hydrogen) atoms. The van der Waals surface area contributed by atoms with Crippen molar-refractivity contribution in [2.75, 3.05) is 27.9 Å². The van der Waals surface area contributed by atoms with Crippen LogP contribution >= 0.6 is 15.9 Å². The van der Waals surface area contributed by atoms with Crippen LogP contribution in [-0.2, 0) is 20.7 Å². The lowest BCUT2D eigenvalue weighted by molar-refractivity contribution is -0.148. The van der Waals surface area contributed by atoms with Crippen LogP contribution in [0.25, 0.3) is 0 Å². The smallest absolute Gasteiger partial charge is 0.310 e. The zero-order valence-electron chi connectivity index (χ0n) is 16.6. The molecule has 0 saturated carbocycles. The van der Waals surface area contributed by atoms with Gasteiger partial charge in [0, 0.05) is 10.0 Å². The minimum atomic E-state index is -0.682. The van der Waals surface area contributed by atoms with E-state index in [0.29, 0.717) is 28.4 Å². The molecule has 0 unspecified atom stereocenters. The van der Waals surface area contributed by atoms with E-state index in [-0.39, 0.29) is 6.42 Å². The molecule has 0 aliphatic carbocycles. The van der Waals surface area contributed by atoms with Crippen LogP contribution in [0.5, 0.6) is 17.2 Å². The molecule has 0 heterocycles. The first-order valence-electron chi connectivity index (χ1n) is 8.67. The van der Waals surface area contributed by atoms with Crippen molar-refractivity contribution in [1.82, 2.24) is 10.9 Å². The van der Waals surface area contributed by atoms with E-state index in [1.165, 1.54) is 21.3 Å². The lowest BCUT2D eigenvalue weighted by Gasteiger charge is -2.14. The van der Waals surface area contributed by atoms with Gasteiger partial charge in [-0.1, -0.05) is 15.9 Å². The Hall–Kier alpha value is -3.27. The number of hydrogen-bond donors (Lipinski definition) is 2. The van der Waals surface area contributed by atoms with Crippen molar-refractivity contribution in [2.24, 2.45) is 0 Å². The molecule has 0 bridgehead atoms. The summed E-state index contributed by atoms with van der Waals surface area (Å²) >= 11 is 3.27. The van der Waals surface area contributed by atoms with Gasteiger partial charge in [-0.05, 0) is 42.0 Å². The van der Waals surface area contributed by atoms with Gasteiger partial charge in [-0.3, -0.25) is 25.2 Å². The Bertz CT molecular complexity index is 891. The van der Waals surface area contributed by atoms with E-state index in [1.807, 2.05) is 0 Å². The summed E-state index contributed by atoms with van der Waals surface area (Å²) in [4.78, 5) is 35.8. The minimum absolute atomic E-state index is 0.116. The van der Waals surface area contributed by atoms with E-state index in [0.717, 1.165) is 4.47 Å². The van der Waals surface area contributed by atoms with Crippen molar-refractivity contribution in [3.8, 4) is 17.2 Å². The van der Waals surface area contributed by atoms with Crippen LogP contribution in [0.4, 0.5) is 0 Å². The van der Waals surface area contributed by atoms with Gasteiger partial charge in [-0.2, -0.15) is 0 Å². The molecule has 9 nitrogen and oxygen atoms in total. The molecular formula is C20H21BrN2O7. The summed E-state index contributed by atoms with van der Waals surface area (Å²) in [6.45, 7) is -0.552. The zero-order chi connectivity index (χ0) is 22.1. The Morgan fingerprint density at radius 1 is 0.900 bits per heavy atom. The molecule has 2 aromatic carbocycles. The van der Waals surface area contributed by atoms with E-state index in [1.54, 1.807) is 36.4 Å². The van der Waals surface area contributed by atoms with E-state index in [2.05, 4.69) is 26.8 Å². The average Bonchev–Trinajstić information content (AvgIpc) is 2.75. The summed E-state index contributed by atoms with van der Waals surface area (Å²) in [7, 11) is 4.40. The number of hydrogen-bond acceptors (Lipinski definition) is 7. The van der Waals surface area contributed by atoms with Crippen LogP contribution in [0, 0.1) is 0 Å². The molecule has 2 aromatic rings. The molecule has 0 radical (unpaired) electrons. The number of methoxy groups -OCH3 is 3. The van der Waals surface area contributed by atoms with Crippen molar-refractivity contribution in [1.29, 1.82) is 0 Å². The maximum absolute atomic E-state index is 12.1. The number of nitrogens with one attached hydrogen (secondary N) is 2. The number of benzene rings is 2. The molecule has 0 atom stereocenters. The number of carbonyl (C=O) groups is 3. The van der Waals surface area contributed by atoms with Crippen LogP contribution < -0.4 is 25.1 Å². The van der Waals surface area contributed by atoms with Gasteiger partial charge >= 0.3 is 5.97 Å². The van der Waals surface area contributed by atoms with Crippen molar-refractivity contribution in [3.63, 3.8) is 0 Å². The lowest BCUT2D eigenvalue weighted by atomic mass is 10.1. The van der Waals surface area contributed by atoms with Gasteiger partial charge in [-0.25, -0.2) is 0 Å². The molecular weight excluding hydrogens is 460 g/mol. The predicted molar refractivity (Wildman–Crippen MR) is 111 cm³/mol. The number of amides is 2. The third-order valence-electron chi connectivity index (χ3n) is 3.86. The van der Waals surface area contributed by atoms with Crippen LogP contribution in [0.15, 0.2) is 40.9 Å². The van der Waals surface area contributed by atoms with Crippen LogP contribution in [-0.4, -0.2) is 45.7 Å². The number of carbonyl (C=O) groups excluding carboxylic acids is 3. The molecule has 0 aliphatic heterocycles. The summed E-state index contributed by atoms with van der Waals surface area (Å²) in [6.07, 6.45) is -0.116. The fourth-order valence-electron chi connectivity index (χ4n) is 2.44. The third-order valence-corrected chi connectivity index (χ3v) is 4.39. The molecule has 0 spiro atoms. The fourth-order valence-corrected chi connectivity index (χ4v) is 2.70. The van der Waals surface area contributed by atoms with Crippen LogP contribution in [0.3, 0.4) is 0 Å². The topological polar surface area (TPSA) is 112 Å². The van der Waals surface area contributed by atoms with Gasteiger partial charge in [-0.15, -0.1) is 0 Å². The zero-order valence-corrected chi connectivity index (χ0v) is 18.2. The molecule has 0 saturated heterocycles. The Kier molecular flexibility index (Phi) is 8.48. The molecule has 2 rings (SSSR count). The maximum atomic E-state index is 12.1. The molecule has 10 heteroatoms. The quantitative estimate of drug-likeness (QED) is 0.438. The normalized spacial score (nSPS) is 10.0. The Labute approximate surface area is 181 Å². The SMILES string of the molecule is COc1cc(CC(=O)OCC(=O)NNC(=O)c2ccc(Br)cc2)cc(OC)c1OC. The van der Waals surface area contributed by atoms with E-state index >= 15 is 0 Å². The summed E-state index contributed by atoms with van der Waals surface area (Å²) in [5.41, 5.74) is 5.34. The van der Waals surface area contributed by atoms with E-state index in [4.69, 9.17) is 18.9 Å². The number of rotatable bonds is 8. The number of halogens is 1. The monoisotopic (exact) mass is 480 g/mol. The first-order valence-corrected chi connectivity index (χ1v) is 9.46. The van der Waals surface area contributed by atoms with Gasteiger partial charge < -0.3 is 18.9 Å². The second-order valence-electron chi connectivity index (χ2n) is 5.88. The standard InChI is InChI=1S/C20H21BrN2O7/c1-27-15-8-12(9-16(28-2)19(15)29-3)10-18(25)30-11-17(24)22-23-20(26)13-4-6-14(21)7-5-13/h4-9H,10-11H2,1-3H3,(H,22,24)(H,23,26). The molecule has 0 fully saturated rings. The van der Waals surface area contributed by atoms with Gasteiger partial charge in [0.2, 0.25) is 5.75 Å². The van der Waals surface area contributed by atoms with Crippen molar-refractivity contribution in [3.05, 3.63) is 52.0 Å². The molecule has 0 aliphatic rings. The first-order chi connectivity index (χ1) is 14.4. The highest BCUT2D eigenvalue weighted by molar-refractivity contribution is 9.10. The van der Waals surface area contributed by atoms with Crippen LogP contribution in [0.1, 0.15) is 15.9 Å². The Morgan fingerprint density at radius 2 is 1.50 bits per heavy atom. The summed E-state index contributed by atoms with van der Waals surface area (Å²) in [5.74, 6) is -0.629. The van der Waals surface area contributed by atoms with Gasteiger partial charge in [0.15, 0.2) is 18.1 Å². The van der Waals surface area contributed by atoms with Crippen molar-refractivity contribution in [2.45, 2.75) is 6.42 Å². The third kappa shape index (κ3) is 6.38. The highest BCUT2D eigenvalue weighted by Gasteiger charge is 2.16. The lowest BCUT2D eigenvalue weighted by Crippen LogP contribution is -2.43. The average molecular weight is 481 g/mol. The van der Waals surface area contributed by atoms with Crippen molar-refractivity contribution >= 4 is 33.7 Å². The van der Waals surface area contributed by atoms with Crippen LogP contribution in [0.2, 0.25) is 0 Å². The second kappa shape index (κ2) is 11.1. The minimum Gasteiger partial charge on any atom is -0.493 e. The summed E-state index contributed by atoms with van der Waals surface area (Å²) in [6, 6.07) is 9.79. The summed E-state index contributed by atoms with van der Waals surface area (Å²) < 4.78 is 21.5. The predicted octanol–water partition coefficient (Wildman–Crippen LogP) is 2.02. The van der Waals surface area contributed by atoms with Gasteiger partial charge in [0.05, 0.1) is 27.8 Å². The second-order valence-corrected chi connectivity index (χ2v) is 6.80. The Balaban J connectivity index is 1.84. The fraction of sp³-hybridized carbons (Fsp3) is 0.250. The van der Waals surface area contributed by atoms with Gasteiger partial charge in [0.25, 0.3) is 11.8 Å². The van der Waals surface area contributed by atoms with Gasteiger partial charge in [0.1, 0.15) is 0 Å². The molecule has 2 N–H and O–H groups in total. The maximum Gasteiger partial charge on any atom is 0.310 e.